The van der Waals surface area contributed by atoms with Gasteiger partial charge in [-0.3, -0.25) is 9.58 Å². The Balaban J connectivity index is 1.76. The van der Waals surface area contributed by atoms with Crippen LogP contribution < -0.4 is 4.74 Å². The Bertz CT molecular complexity index is 669. The van der Waals surface area contributed by atoms with E-state index in [4.69, 9.17) is 4.74 Å². The molecular weight excluding hydrogens is 300 g/mol. The molecule has 2 heterocycles. The Morgan fingerprint density at radius 1 is 1.30 bits per heavy atom. The standard InChI is InChI=1S/C17H21F2N3O/c1-17(2)12-21(10-14-5-3-4-6-15(14)23-17)8-13-7-20-22(9-13)11-16(18)19/h3-7,9,16H,8,10-12H2,1-2H3. The van der Waals surface area contributed by atoms with E-state index in [-0.39, 0.29) is 12.1 Å². The van der Waals surface area contributed by atoms with Gasteiger partial charge in [-0.15, -0.1) is 0 Å². The van der Waals surface area contributed by atoms with E-state index in [1.807, 2.05) is 18.2 Å². The maximum atomic E-state index is 12.4. The minimum absolute atomic E-state index is 0.314. The molecule has 124 valence electrons. The van der Waals surface area contributed by atoms with Crippen LogP contribution in [-0.4, -0.2) is 33.3 Å². The van der Waals surface area contributed by atoms with E-state index in [0.717, 1.165) is 30.0 Å². The highest BCUT2D eigenvalue weighted by Gasteiger charge is 2.29. The molecule has 0 bridgehead atoms. The van der Waals surface area contributed by atoms with Crippen LogP contribution >= 0.6 is 0 Å². The predicted molar refractivity (Wildman–Crippen MR) is 83.5 cm³/mol. The summed E-state index contributed by atoms with van der Waals surface area (Å²) in [6.45, 7) is 5.92. The number of aromatic nitrogens is 2. The molecule has 0 aliphatic carbocycles. The number of alkyl halides is 2. The van der Waals surface area contributed by atoms with Crippen molar-refractivity contribution in [1.29, 1.82) is 0 Å². The van der Waals surface area contributed by atoms with Gasteiger partial charge in [0.25, 0.3) is 6.43 Å². The van der Waals surface area contributed by atoms with Crippen molar-refractivity contribution >= 4 is 0 Å². The van der Waals surface area contributed by atoms with E-state index in [1.165, 1.54) is 4.68 Å². The van der Waals surface area contributed by atoms with Crippen molar-refractivity contribution in [2.45, 2.75) is 45.5 Å². The van der Waals surface area contributed by atoms with E-state index in [9.17, 15) is 8.78 Å². The minimum Gasteiger partial charge on any atom is -0.486 e. The van der Waals surface area contributed by atoms with Gasteiger partial charge in [0.2, 0.25) is 0 Å². The predicted octanol–water partition coefficient (Wildman–Crippen LogP) is 3.32. The third kappa shape index (κ3) is 4.07. The van der Waals surface area contributed by atoms with Crippen LogP contribution in [0.15, 0.2) is 36.7 Å². The first-order valence-corrected chi connectivity index (χ1v) is 7.70. The molecule has 2 aromatic rings. The van der Waals surface area contributed by atoms with Crippen molar-refractivity contribution in [3.63, 3.8) is 0 Å². The van der Waals surface area contributed by atoms with Crippen LogP contribution in [0.1, 0.15) is 25.0 Å². The summed E-state index contributed by atoms with van der Waals surface area (Å²) in [7, 11) is 0. The van der Waals surface area contributed by atoms with Crippen molar-refractivity contribution in [3.05, 3.63) is 47.8 Å². The largest absolute Gasteiger partial charge is 0.486 e. The molecule has 1 aliphatic heterocycles. The molecule has 0 fully saturated rings. The van der Waals surface area contributed by atoms with Crippen LogP contribution in [0, 0.1) is 0 Å². The van der Waals surface area contributed by atoms with Crippen LogP contribution in [0.5, 0.6) is 5.75 Å². The zero-order valence-electron chi connectivity index (χ0n) is 13.4. The summed E-state index contributed by atoms with van der Waals surface area (Å²) in [6.07, 6.45) is 0.962. The fourth-order valence-electron chi connectivity index (χ4n) is 3.00. The van der Waals surface area contributed by atoms with Crippen molar-refractivity contribution < 1.29 is 13.5 Å². The second-order valence-corrected chi connectivity index (χ2v) is 6.58. The Labute approximate surface area is 134 Å². The fourth-order valence-corrected chi connectivity index (χ4v) is 3.00. The van der Waals surface area contributed by atoms with E-state index in [0.29, 0.717) is 6.54 Å². The number of nitrogens with zero attached hydrogens (tertiary/aromatic N) is 3. The van der Waals surface area contributed by atoms with E-state index in [1.54, 1.807) is 12.4 Å². The molecule has 1 aromatic carbocycles. The van der Waals surface area contributed by atoms with Crippen molar-refractivity contribution in [3.8, 4) is 5.75 Å². The van der Waals surface area contributed by atoms with Crippen LogP contribution in [-0.2, 0) is 19.6 Å². The zero-order valence-corrected chi connectivity index (χ0v) is 13.4. The van der Waals surface area contributed by atoms with Crippen molar-refractivity contribution in [2.75, 3.05) is 6.54 Å². The number of halogens is 2. The zero-order chi connectivity index (χ0) is 16.4. The molecule has 1 aliphatic rings. The average Bonchev–Trinajstić information content (AvgIpc) is 2.80. The Morgan fingerprint density at radius 3 is 2.87 bits per heavy atom. The molecule has 0 spiro atoms. The molecule has 6 heteroatoms. The second kappa shape index (κ2) is 6.28. The highest BCUT2D eigenvalue weighted by Crippen LogP contribution is 2.29. The van der Waals surface area contributed by atoms with Gasteiger partial charge in [0.15, 0.2) is 0 Å². The third-order valence-electron chi connectivity index (χ3n) is 3.78. The lowest BCUT2D eigenvalue weighted by atomic mass is 10.1. The average molecular weight is 321 g/mol. The fraction of sp³-hybridized carbons (Fsp3) is 0.471. The summed E-state index contributed by atoms with van der Waals surface area (Å²) in [5.41, 5.74) is 1.75. The summed E-state index contributed by atoms with van der Waals surface area (Å²) in [6, 6.07) is 8.02. The topological polar surface area (TPSA) is 30.3 Å². The van der Waals surface area contributed by atoms with Crippen LogP contribution in [0.4, 0.5) is 8.78 Å². The van der Waals surface area contributed by atoms with Crippen LogP contribution in [0.2, 0.25) is 0 Å². The van der Waals surface area contributed by atoms with Crippen molar-refractivity contribution in [2.24, 2.45) is 0 Å². The van der Waals surface area contributed by atoms with E-state index < -0.39 is 6.43 Å². The van der Waals surface area contributed by atoms with Gasteiger partial charge in [-0.2, -0.15) is 5.10 Å². The molecule has 4 nitrogen and oxygen atoms in total. The summed E-state index contributed by atoms with van der Waals surface area (Å²) in [4.78, 5) is 2.26. The normalized spacial score (nSPS) is 17.6. The number of para-hydroxylation sites is 1. The molecular formula is C17H21F2N3O. The molecule has 0 saturated heterocycles. The lowest BCUT2D eigenvalue weighted by molar-refractivity contribution is 0.0682. The Morgan fingerprint density at radius 2 is 2.09 bits per heavy atom. The van der Waals surface area contributed by atoms with Gasteiger partial charge in [0.1, 0.15) is 17.9 Å². The van der Waals surface area contributed by atoms with Gasteiger partial charge in [0, 0.05) is 37.0 Å². The Kier molecular flexibility index (Phi) is 4.35. The maximum Gasteiger partial charge on any atom is 0.257 e. The molecule has 0 saturated carbocycles. The number of hydrogen-bond donors (Lipinski definition) is 0. The molecule has 0 radical (unpaired) electrons. The SMILES string of the molecule is CC1(C)CN(Cc2cnn(CC(F)F)c2)Cc2ccccc2O1. The van der Waals surface area contributed by atoms with E-state index >= 15 is 0 Å². The summed E-state index contributed by atoms with van der Waals surface area (Å²) >= 11 is 0. The number of fused-ring (bicyclic) bond motifs is 1. The molecule has 0 amide bonds. The summed E-state index contributed by atoms with van der Waals surface area (Å²) in [5, 5.41) is 4.00. The summed E-state index contributed by atoms with van der Waals surface area (Å²) < 4.78 is 32.3. The smallest absolute Gasteiger partial charge is 0.257 e. The van der Waals surface area contributed by atoms with Gasteiger partial charge in [-0.05, 0) is 19.9 Å². The maximum absolute atomic E-state index is 12.4. The number of benzene rings is 1. The molecule has 0 unspecified atom stereocenters. The van der Waals surface area contributed by atoms with Gasteiger partial charge >= 0.3 is 0 Å². The third-order valence-corrected chi connectivity index (χ3v) is 3.78. The van der Waals surface area contributed by atoms with Gasteiger partial charge in [0.05, 0.1) is 6.20 Å². The second-order valence-electron chi connectivity index (χ2n) is 6.58. The summed E-state index contributed by atoms with van der Waals surface area (Å²) in [5.74, 6) is 0.911. The minimum atomic E-state index is -2.39. The quantitative estimate of drug-likeness (QED) is 0.865. The molecule has 0 N–H and O–H groups in total. The first-order valence-electron chi connectivity index (χ1n) is 7.70. The van der Waals surface area contributed by atoms with Crippen molar-refractivity contribution in [1.82, 2.24) is 14.7 Å². The number of rotatable bonds is 4. The first kappa shape index (κ1) is 15.9. The lowest BCUT2D eigenvalue weighted by Gasteiger charge is -2.29. The molecule has 3 rings (SSSR count). The van der Waals surface area contributed by atoms with Crippen LogP contribution in [0.3, 0.4) is 0 Å². The van der Waals surface area contributed by atoms with Crippen LogP contribution in [0.25, 0.3) is 0 Å². The lowest BCUT2D eigenvalue weighted by Crippen LogP contribution is -2.40. The first-order chi connectivity index (χ1) is 10.9. The Hall–Kier alpha value is -1.95. The van der Waals surface area contributed by atoms with Gasteiger partial charge in [-0.1, -0.05) is 18.2 Å². The van der Waals surface area contributed by atoms with Gasteiger partial charge in [-0.25, -0.2) is 8.78 Å². The van der Waals surface area contributed by atoms with Gasteiger partial charge < -0.3 is 4.74 Å². The highest BCUT2D eigenvalue weighted by molar-refractivity contribution is 5.34. The monoisotopic (exact) mass is 321 g/mol. The number of hydrogen-bond acceptors (Lipinski definition) is 3. The highest BCUT2D eigenvalue weighted by atomic mass is 19.3. The number of ether oxygens (including phenoxy) is 1. The molecule has 1 aromatic heterocycles. The molecule has 23 heavy (non-hydrogen) atoms. The van der Waals surface area contributed by atoms with E-state index in [2.05, 4.69) is 29.9 Å². The molecule has 0 atom stereocenters.